The highest BCUT2D eigenvalue weighted by molar-refractivity contribution is 9.10. The predicted octanol–water partition coefficient (Wildman–Crippen LogP) is 5.56. The second-order valence-corrected chi connectivity index (χ2v) is 8.10. The van der Waals surface area contributed by atoms with E-state index in [-0.39, 0.29) is 5.97 Å². The van der Waals surface area contributed by atoms with Crippen LogP contribution in [0.25, 0.3) is 10.9 Å². The third kappa shape index (κ3) is 4.83. The fourth-order valence-electron chi connectivity index (χ4n) is 3.44. The fraction of sp³-hybridized carbons (Fsp3) is 0.348. The zero-order valence-corrected chi connectivity index (χ0v) is 18.3. The summed E-state index contributed by atoms with van der Waals surface area (Å²) in [6.45, 7) is 8.36. The minimum Gasteiger partial charge on any atom is -0.461 e. The van der Waals surface area contributed by atoms with Crippen molar-refractivity contribution in [3.8, 4) is 0 Å². The molecule has 0 atom stereocenters. The van der Waals surface area contributed by atoms with Crippen molar-refractivity contribution in [2.45, 2.75) is 39.8 Å². The molecular formula is C23H27BrN2O2. The van der Waals surface area contributed by atoms with Crippen LogP contribution in [0.4, 0.5) is 0 Å². The molecule has 0 spiro atoms. The van der Waals surface area contributed by atoms with E-state index in [9.17, 15) is 4.79 Å². The number of benzene rings is 2. The lowest BCUT2D eigenvalue weighted by Gasteiger charge is -2.26. The molecule has 2 aromatic carbocycles. The van der Waals surface area contributed by atoms with Crippen LogP contribution < -0.4 is 0 Å². The van der Waals surface area contributed by atoms with Crippen LogP contribution in [0.15, 0.2) is 53.0 Å². The largest absolute Gasteiger partial charge is 0.461 e. The SMILES string of the molecule is CCOC(=O)c1[nH]c2ccccc2c1CCN(Cc1ccc(Br)cc1)C(C)C. The normalized spacial score (nSPS) is 11.5. The Morgan fingerprint density at radius 1 is 1.14 bits per heavy atom. The molecule has 5 heteroatoms. The Labute approximate surface area is 175 Å². The maximum Gasteiger partial charge on any atom is 0.355 e. The highest BCUT2D eigenvalue weighted by Gasteiger charge is 2.20. The first-order chi connectivity index (χ1) is 13.5. The maximum atomic E-state index is 12.5. The van der Waals surface area contributed by atoms with Crippen LogP contribution in [0.1, 0.15) is 42.4 Å². The molecule has 0 bridgehead atoms. The molecular weight excluding hydrogens is 416 g/mol. The molecule has 0 aliphatic rings. The van der Waals surface area contributed by atoms with Crippen LogP contribution in [-0.4, -0.2) is 35.0 Å². The number of aromatic amines is 1. The van der Waals surface area contributed by atoms with Gasteiger partial charge >= 0.3 is 5.97 Å². The highest BCUT2D eigenvalue weighted by atomic mass is 79.9. The minimum atomic E-state index is -0.280. The number of carbonyl (C=O) groups is 1. The molecule has 3 rings (SSSR count). The predicted molar refractivity (Wildman–Crippen MR) is 118 cm³/mol. The number of nitrogens with one attached hydrogen (secondary N) is 1. The van der Waals surface area contributed by atoms with E-state index in [0.29, 0.717) is 18.3 Å². The van der Waals surface area contributed by atoms with Crippen molar-refractivity contribution < 1.29 is 9.53 Å². The average Bonchev–Trinajstić information content (AvgIpc) is 3.05. The zero-order chi connectivity index (χ0) is 20.1. The van der Waals surface area contributed by atoms with E-state index in [0.717, 1.165) is 40.4 Å². The Kier molecular flexibility index (Phi) is 6.92. The average molecular weight is 443 g/mol. The van der Waals surface area contributed by atoms with Gasteiger partial charge in [-0.15, -0.1) is 0 Å². The number of carbonyl (C=O) groups excluding carboxylic acids is 1. The van der Waals surface area contributed by atoms with E-state index < -0.39 is 0 Å². The smallest absolute Gasteiger partial charge is 0.355 e. The number of rotatable bonds is 8. The number of H-pyrrole nitrogens is 1. The van der Waals surface area contributed by atoms with Gasteiger partial charge in [0.25, 0.3) is 0 Å². The Balaban J connectivity index is 1.82. The van der Waals surface area contributed by atoms with E-state index in [1.54, 1.807) is 0 Å². The van der Waals surface area contributed by atoms with Crippen LogP contribution in [0.3, 0.4) is 0 Å². The summed E-state index contributed by atoms with van der Waals surface area (Å²) in [5.41, 5.74) is 3.87. The summed E-state index contributed by atoms with van der Waals surface area (Å²) in [5, 5.41) is 1.10. The molecule has 4 nitrogen and oxygen atoms in total. The van der Waals surface area contributed by atoms with Gasteiger partial charge < -0.3 is 9.72 Å². The molecule has 0 fully saturated rings. The van der Waals surface area contributed by atoms with Crippen molar-refractivity contribution in [1.82, 2.24) is 9.88 Å². The Morgan fingerprint density at radius 2 is 1.86 bits per heavy atom. The Hall–Kier alpha value is -2.11. The molecule has 1 aromatic heterocycles. The molecule has 1 N–H and O–H groups in total. The van der Waals surface area contributed by atoms with Crippen LogP contribution in [0.5, 0.6) is 0 Å². The second kappa shape index (κ2) is 9.39. The van der Waals surface area contributed by atoms with Crippen molar-refractivity contribution in [3.05, 3.63) is 69.8 Å². The number of ether oxygens (including phenoxy) is 1. The third-order valence-electron chi connectivity index (χ3n) is 4.97. The van der Waals surface area contributed by atoms with Gasteiger partial charge in [-0.2, -0.15) is 0 Å². The monoisotopic (exact) mass is 442 g/mol. The first-order valence-corrected chi connectivity index (χ1v) is 10.5. The zero-order valence-electron chi connectivity index (χ0n) is 16.7. The number of aromatic nitrogens is 1. The Bertz CT molecular complexity index is 931. The molecule has 0 aliphatic heterocycles. The van der Waals surface area contributed by atoms with Crippen LogP contribution in [0.2, 0.25) is 0 Å². The number of nitrogens with zero attached hydrogens (tertiary/aromatic N) is 1. The second-order valence-electron chi connectivity index (χ2n) is 7.19. The number of halogens is 1. The molecule has 0 saturated heterocycles. The topological polar surface area (TPSA) is 45.3 Å². The van der Waals surface area contributed by atoms with E-state index in [4.69, 9.17) is 4.74 Å². The summed E-state index contributed by atoms with van der Waals surface area (Å²) in [6.07, 6.45) is 0.785. The van der Waals surface area contributed by atoms with Crippen LogP contribution in [-0.2, 0) is 17.7 Å². The molecule has 1 heterocycles. The number of para-hydroxylation sites is 1. The summed E-state index contributed by atoms with van der Waals surface area (Å²) in [4.78, 5) is 18.2. The summed E-state index contributed by atoms with van der Waals surface area (Å²) < 4.78 is 6.36. The number of fused-ring (bicyclic) bond motifs is 1. The standard InChI is InChI=1S/C23H27BrN2O2/c1-4-28-23(27)22-20(19-7-5-6-8-21(19)25-22)13-14-26(16(2)3)15-17-9-11-18(24)12-10-17/h5-12,16,25H,4,13-15H2,1-3H3. The van der Waals surface area contributed by atoms with Crippen molar-refractivity contribution in [1.29, 1.82) is 0 Å². The summed E-state index contributed by atoms with van der Waals surface area (Å²) in [6, 6.07) is 16.9. The highest BCUT2D eigenvalue weighted by Crippen LogP contribution is 2.24. The number of esters is 1. The molecule has 3 aromatic rings. The van der Waals surface area contributed by atoms with Crippen LogP contribution in [0, 0.1) is 0 Å². The lowest BCUT2D eigenvalue weighted by molar-refractivity contribution is 0.0519. The lowest BCUT2D eigenvalue weighted by Crippen LogP contribution is -2.32. The summed E-state index contributed by atoms with van der Waals surface area (Å²) in [7, 11) is 0. The van der Waals surface area contributed by atoms with Gasteiger partial charge in [-0.3, -0.25) is 4.90 Å². The van der Waals surface area contributed by atoms with Gasteiger partial charge in [0.1, 0.15) is 5.69 Å². The molecule has 0 radical (unpaired) electrons. The van der Waals surface area contributed by atoms with Gasteiger partial charge in [-0.25, -0.2) is 4.79 Å². The van der Waals surface area contributed by atoms with Gasteiger partial charge in [0.15, 0.2) is 0 Å². The molecule has 0 amide bonds. The van der Waals surface area contributed by atoms with Crippen molar-refractivity contribution in [2.24, 2.45) is 0 Å². The van der Waals surface area contributed by atoms with Gasteiger partial charge in [0.2, 0.25) is 0 Å². The van der Waals surface area contributed by atoms with E-state index >= 15 is 0 Å². The first-order valence-electron chi connectivity index (χ1n) is 9.74. The maximum absolute atomic E-state index is 12.5. The number of hydrogen-bond acceptors (Lipinski definition) is 3. The van der Waals surface area contributed by atoms with Gasteiger partial charge in [0, 0.05) is 34.5 Å². The summed E-state index contributed by atoms with van der Waals surface area (Å²) in [5.74, 6) is -0.280. The first kappa shape index (κ1) is 20.6. The van der Waals surface area contributed by atoms with Crippen molar-refractivity contribution in [3.63, 3.8) is 0 Å². The van der Waals surface area contributed by atoms with Crippen molar-refractivity contribution in [2.75, 3.05) is 13.2 Å². The fourth-order valence-corrected chi connectivity index (χ4v) is 3.70. The van der Waals surface area contributed by atoms with Crippen molar-refractivity contribution >= 4 is 32.8 Å². The molecule has 0 unspecified atom stereocenters. The summed E-state index contributed by atoms with van der Waals surface area (Å²) >= 11 is 3.49. The molecule has 148 valence electrons. The van der Waals surface area contributed by atoms with E-state index in [1.165, 1.54) is 5.56 Å². The quantitative estimate of drug-likeness (QED) is 0.464. The van der Waals surface area contributed by atoms with Gasteiger partial charge in [0.05, 0.1) is 6.61 Å². The minimum absolute atomic E-state index is 0.280. The Morgan fingerprint density at radius 3 is 2.54 bits per heavy atom. The van der Waals surface area contributed by atoms with Gasteiger partial charge in [-0.1, -0.05) is 46.3 Å². The molecule has 0 saturated carbocycles. The lowest BCUT2D eigenvalue weighted by atomic mass is 10.1. The third-order valence-corrected chi connectivity index (χ3v) is 5.50. The molecule has 28 heavy (non-hydrogen) atoms. The van der Waals surface area contributed by atoms with Gasteiger partial charge in [-0.05, 0) is 56.5 Å². The van der Waals surface area contributed by atoms with E-state index in [2.05, 4.69) is 70.0 Å². The molecule has 0 aliphatic carbocycles. The van der Waals surface area contributed by atoms with Crippen LogP contribution >= 0.6 is 15.9 Å². The van der Waals surface area contributed by atoms with E-state index in [1.807, 2.05) is 25.1 Å². The number of hydrogen-bond donors (Lipinski definition) is 1.